The van der Waals surface area contributed by atoms with Gasteiger partial charge < -0.3 is 10.2 Å². The number of rotatable bonds is 8. The van der Waals surface area contributed by atoms with E-state index in [1.165, 1.54) is 71.1 Å². The summed E-state index contributed by atoms with van der Waals surface area (Å²) in [5.74, 6) is 0. The summed E-state index contributed by atoms with van der Waals surface area (Å²) < 4.78 is 0. The van der Waals surface area contributed by atoms with E-state index in [0.29, 0.717) is 6.04 Å². The summed E-state index contributed by atoms with van der Waals surface area (Å²) in [6.45, 7) is 9.76. The summed E-state index contributed by atoms with van der Waals surface area (Å²) in [6, 6.07) is 0.710. The zero-order chi connectivity index (χ0) is 11.6. The molecule has 1 unspecified atom stereocenters. The Bertz CT molecular complexity index is 153. The molecule has 96 valence electrons. The third kappa shape index (κ3) is 6.49. The topological polar surface area (TPSA) is 15.3 Å². The number of nitrogens with zero attached hydrogens (tertiary/aromatic N) is 1. The van der Waals surface area contributed by atoms with E-state index in [2.05, 4.69) is 24.1 Å². The van der Waals surface area contributed by atoms with Crippen LogP contribution < -0.4 is 5.32 Å². The molecular weight excluding hydrogens is 196 g/mol. The average Bonchev–Trinajstić information content (AvgIpc) is 2.33. The number of likely N-dealkylation sites (tertiary alicyclic amines) is 1. The molecule has 1 saturated heterocycles. The van der Waals surface area contributed by atoms with Gasteiger partial charge in [-0.3, -0.25) is 0 Å². The van der Waals surface area contributed by atoms with Crippen molar-refractivity contribution in [3.8, 4) is 0 Å². The van der Waals surface area contributed by atoms with Gasteiger partial charge in [0.15, 0.2) is 0 Å². The molecule has 0 spiro atoms. The van der Waals surface area contributed by atoms with Gasteiger partial charge >= 0.3 is 0 Å². The Morgan fingerprint density at radius 1 is 1.12 bits per heavy atom. The van der Waals surface area contributed by atoms with Crippen molar-refractivity contribution in [2.45, 2.75) is 64.8 Å². The molecule has 0 radical (unpaired) electrons. The molecule has 0 aliphatic carbocycles. The van der Waals surface area contributed by atoms with Gasteiger partial charge in [0.25, 0.3) is 0 Å². The van der Waals surface area contributed by atoms with Crippen LogP contribution in [0.1, 0.15) is 58.8 Å². The maximum Gasteiger partial charge on any atom is 0.00387 e. The van der Waals surface area contributed by atoms with Crippen LogP contribution in [-0.2, 0) is 0 Å². The smallest absolute Gasteiger partial charge is 0.00387 e. The van der Waals surface area contributed by atoms with Gasteiger partial charge in [-0.15, -0.1) is 0 Å². The van der Waals surface area contributed by atoms with Gasteiger partial charge in [-0.1, -0.05) is 26.2 Å². The molecule has 1 aliphatic heterocycles. The van der Waals surface area contributed by atoms with E-state index in [-0.39, 0.29) is 0 Å². The molecule has 2 nitrogen and oxygen atoms in total. The summed E-state index contributed by atoms with van der Waals surface area (Å²) in [4.78, 5) is 2.63. The van der Waals surface area contributed by atoms with Gasteiger partial charge in [0, 0.05) is 6.04 Å². The number of piperidine rings is 1. The Kier molecular flexibility index (Phi) is 7.87. The molecule has 0 amide bonds. The monoisotopic (exact) mass is 226 g/mol. The maximum absolute atomic E-state index is 3.63. The van der Waals surface area contributed by atoms with Crippen molar-refractivity contribution in [2.24, 2.45) is 0 Å². The van der Waals surface area contributed by atoms with E-state index in [1.807, 2.05) is 0 Å². The average molecular weight is 226 g/mol. The van der Waals surface area contributed by atoms with Crippen molar-refractivity contribution in [3.63, 3.8) is 0 Å². The van der Waals surface area contributed by atoms with Crippen molar-refractivity contribution in [2.75, 3.05) is 26.2 Å². The fourth-order valence-corrected chi connectivity index (χ4v) is 2.45. The zero-order valence-corrected chi connectivity index (χ0v) is 11.3. The lowest BCUT2D eigenvalue weighted by molar-refractivity contribution is 0.225. The SMILES string of the molecule is CCCCC(C)NCCCN1CCCCC1. The van der Waals surface area contributed by atoms with E-state index >= 15 is 0 Å². The first kappa shape index (κ1) is 14.0. The number of hydrogen-bond acceptors (Lipinski definition) is 2. The normalized spacial score (nSPS) is 19.9. The van der Waals surface area contributed by atoms with Crippen LogP contribution in [0, 0.1) is 0 Å². The zero-order valence-electron chi connectivity index (χ0n) is 11.3. The fraction of sp³-hybridized carbons (Fsp3) is 1.00. The third-order valence-corrected chi connectivity index (χ3v) is 3.58. The molecule has 1 atom stereocenters. The summed E-state index contributed by atoms with van der Waals surface area (Å²) in [5.41, 5.74) is 0. The Morgan fingerprint density at radius 2 is 1.88 bits per heavy atom. The van der Waals surface area contributed by atoms with E-state index < -0.39 is 0 Å². The third-order valence-electron chi connectivity index (χ3n) is 3.58. The van der Waals surface area contributed by atoms with Gasteiger partial charge in [-0.2, -0.15) is 0 Å². The lowest BCUT2D eigenvalue weighted by Gasteiger charge is -2.26. The number of hydrogen-bond donors (Lipinski definition) is 1. The van der Waals surface area contributed by atoms with Crippen LogP contribution in [0.4, 0.5) is 0 Å². The molecule has 1 fully saturated rings. The fourth-order valence-electron chi connectivity index (χ4n) is 2.45. The molecule has 0 aromatic heterocycles. The number of unbranched alkanes of at least 4 members (excludes halogenated alkanes) is 1. The molecule has 0 aromatic rings. The summed E-state index contributed by atoms with van der Waals surface area (Å²) in [5, 5.41) is 3.63. The van der Waals surface area contributed by atoms with Crippen LogP contribution in [0.5, 0.6) is 0 Å². The van der Waals surface area contributed by atoms with Gasteiger partial charge in [-0.05, 0) is 58.8 Å². The van der Waals surface area contributed by atoms with Crippen LogP contribution in [-0.4, -0.2) is 37.1 Å². The minimum atomic E-state index is 0.710. The van der Waals surface area contributed by atoms with E-state index in [4.69, 9.17) is 0 Å². The summed E-state index contributed by atoms with van der Waals surface area (Å²) in [6.07, 6.45) is 9.61. The largest absolute Gasteiger partial charge is 0.314 e. The molecule has 1 N–H and O–H groups in total. The van der Waals surface area contributed by atoms with Gasteiger partial charge in [0.1, 0.15) is 0 Å². The van der Waals surface area contributed by atoms with Crippen LogP contribution in [0.15, 0.2) is 0 Å². The Morgan fingerprint density at radius 3 is 2.56 bits per heavy atom. The maximum atomic E-state index is 3.63. The minimum absolute atomic E-state index is 0.710. The number of nitrogens with one attached hydrogen (secondary N) is 1. The Hall–Kier alpha value is -0.0800. The Labute approximate surface area is 102 Å². The van der Waals surface area contributed by atoms with Crippen LogP contribution in [0.2, 0.25) is 0 Å². The van der Waals surface area contributed by atoms with Crippen LogP contribution in [0.3, 0.4) is 0 Å². The van der Waals surface area contributed by atoms with Gasteiger partial charge in [-0.25, -0.2) is 0 Å². The van der Waals surface area contributed by atoms with Crippen molar-refractivity contribution in [3.05, 3.63) is 0 Å². The van der Waals surface area contributed by atoms with Crippen LogP contribution in [0.25, 0.3) is 0 Å². The van der Waals surface area contributed by atoms with Crippen molar-refractivity contribution in [1.82, 2.24) is 10.2 Å². The lowest BCUT2D eigenvalue weighted by atomic mass is 10.1. The molecule has 1 heterocycles. The second-order valence-corrected chi connectivity index (χ2v) is 5.25. The van der Waals surface area contributed by atoms with E-state index in [1.54, 1.807) is 0 Å². The molecule has 1 rings (SSSR count). The molecular formula is C14H30N2. The minimum Gasteiger partial charge on any atom is -0.314 e. The quantitative estimate of drug-likeness (QED) is 0.640. The highest BCUT2D eigenvalue weighted by molar-refractivity contribution is 4.66. The van der Waals surface area contributed by atoms with Gasteiger partial charge in [0.2, 0.25) is 0 Å². The molecule has 0 saturated carbocycles. The second-order valence-electron chi connectivity index (χ2n) is 5.25. The van der Waals surface area contributed by atoms with Crippen molar-refractivity contribution < 1.29 is 0 Å². The van der Waals surface area contributed by atoms with Crippen molar-refractivity contribution >= 4 is 0 Å². The second kappa shape index (κ2) is 9.00. The molecule has 0 bridgehead atoms. The first-order chi connectivity index (χ1) is 7.83. The van der Waals surface area contributed by atoms with E-state index in [0.717, 1.165) is 0 Å². The molecule has 1 aliphatic rings. The van der Waals surface area contributed by atoms with Gasteiger partial charge in [0.05, 0.1) is 0 Å². The highest BCUT2D eigenvalue weighted by Gasteiger charge is 2.09. The molecule has 2 heteroatoms. The van der Waals surface area contributed by atoms with Crippen LogP contribution >= 0.6 is 0 Å². The van der Waals surface area contributed by atoms with Crippen molar-refractivity contribution in [1.29, 1.82) is 0 Å². The first-order valence-electron chi connectivity index (χ1n) is 7.28. The first-order valence-corrected chi connectivity index (χ1v) is 7.28. The highest BCUT2D eigenvalue weighted by Crippen LogP contribution is 2.08. The summed E-state index contributed by atoms with van der Waals surface area (Å²) in [7, 11) is 0. The predicted octanol–water partition coefficient (Wildman–Crippen LogP) is 3.03. The van der Waals surface area contributed by atoms with E-state index in [9.17, 15) is 0 Å². The Balaban J connectivity index is 1.90. The predicted molar refractivity (Wildman–Crippen MR) is 71.9 cm³/mol. The molecule has 0 aromatic carbocycles. The highest BCUT2D eigenvalue weighted by atomic mass is 15.1. The molecule has 16 heavy (non-hydrogen) atoms. The standard InChI is InChI=1S/C14H30N2/c1-3-4-9-14(2)15-10-8-13-16-11-6-5-7-12-16/h14-15H,3-13H2,1-2H3. The lowest BCUT2D eigenvalue weighted by Crippen LogP contribution is -2.33. The summed E-state index contributed by atoms with van der Waals surface area (Å²) >= 11 is 0.